The van der Waals surface area contributed by atoms with Crippen molar-refractivity contribution >= 4 is 28.1 Å². The fourth-order valence-electron chi connectivity index (χ4n) is 5.24. The van der Waals surface area contributed by atoms with Crippen LogP contribution in [0.4, 0.5) is 4.39 Å². The van der Waals surface area contributed by atoms with Crippen LogP contribution in [0.1, 0.15) is 69.2 Å². The lowest BCUT2D eigenvalue weighted by molar-refractivity contribution is -0.114. The first kappa shape index (κ1) is 27.3. The summed E-state index contributed by atoms with van der Waals surface area (Å²) in [6.07, 6.45) is 4.05. The number of fused-ring (bicyclic) bond motifs is 1. The number of H-pyrrole nitrogens is 1. The molecule has 8 heteroatoms. The Morgan fingerprint density at radius 1 is 1.18 bits per heavy atom. The number of carbonyl (C=O) groups excluding carboxylic acids is 1. The van der Waals surface area contributed by atoms with E-state index in [0.29, 0.717) is 36.5 Å². The molecule has 0 radical (unpaired) electrons. The number of benzene rings is 2. The highest BCUT2D eigenvalue weighted by molar-refractivity contribution is 6.07. The normalized spacial score (nSPS) is 17.3. The molecule has 1 fully saturated rings. The van der Waals surface area contributed by atoms with E-state index in [1.165, 1.54) is 12.1 Å². The number of hydrogen-bond donors (Lipinski definition) is 3. The van der Waals surface area contributed by atoms with E-state index in [1.54, 1.807) is 13.1 Å². The Morgan fingerprint density at radius 2 is 1.89 bits per heavy atom. The minimum Gasteiger partial charge on any atom is -0.396 e. The largest absolute Gasteiger partial charge is 0.396 e. The standard InChI is InChI=1S/C30H36FN5O2/c1-6-17(2)26(25-18(3)7-10-24-22(25)16-34-36-24)27(32)28(29(33)37)35-19(4)21-15-20(31)8-9-23(21)30(5)11-13-38-14-12-30/h7-10,15-16H,6,11-14,32H2,1-5H3,(H2,33,37)(H,34,36)/b26-17+,28-27+,35-19?. The molecule has 1 aliphatic rings. The van der Waals surface area contributed by atoms with E-state index in [0.717, 1.165) is 46.0 Å². The lowest BCUT2D eigenvalue weighted by Gasteiger charge is -2.35. The van der Waals surface area contributed by atoms with E-state index in [1.807, 2.05) is 39.0 Å². The number of carbonyl (C=O) groups is 1. The van der Waals surface area contributed by atoms with Crippen molar-refractivity contribution in [2.45, 2.75) is 59.3 Å². The molecule has 0 aliphatic carbocycles. The SMILES string of the molecule is CC/C(C)=C(/C(N)=C(\N=C(C)c1cc(F)ccc1C1(C)CCOCC1)C(N)=O)c1c(C)ccc2[nH]ncc12. The molecular weight excluding hydrogens is 481 g/mol. The molecule has 0 bridgehead atoms. The number of ether oxygens (including phenoxy) is 1. The third kappa shape index (κ3) is 5.13. The number of amides is 1. The zero-order valence-electron chi connectivity index (χ0n) is 22.7. The Kier molecular flexibility index (Phi) is 7.83. The summed E-state index contributed by atoms with van der Waals surface area (Å²) in [4.78, 5) is 17.5. The van der Waals surface area contributed by atoms with Crippen LogP contribution in [-0.2, 0) is 14.9 Å². The number of nitrogens with one attached hydrogen (secondary N) is 1. The van der Waals surface area contributed by atoms with Crippen LogP contribution < -0.4 is 11.5 Å². The van der Waals surface area contributed by atoms with Crippen LogP contribution in [0.15, 0.2) is 58.5 Å². The van der Waals surface area contributed by atoms with Crippen LogP contribution >= 0.6 is 0 Å². The fraction of sp³-hybridized carbons (Fsp3) is 0.367. The molecule has 0 unspecified atom stereocenters. The van der Waals surface area contributed by atoms with Crippen LogP contribution in [0.25, 0.3) is 16.5 Å². The summed E-state index contributed by atoms with van der Waals surface area (Å²) in [5, 5.41) is 8.08. The number of halogens is 1. The number of allylic oxidation sites excluding steroid dienone is 2. The lowest BCUT2D eigenvalue weighted by atomic mass is 9.73. The molecule has 0 atom stereocenters. The van der Waals surface area contributed by atoms with Crippen molar-refractivity contribution in [2.75, 3.05) is 13.2 Å². The second-order valence-corrected chi connectivity index (χ2v) is 10.3. The Balaban J connectivity index is 1.93. The van der Waals surface area contributed by atoms with Gasteiger partial charge in [-0.1, -0.05) is 31.6 Å². The maximum absolute atomic E-state index is 14.5. The number of rotatable bonds is 7. The van der Waals surface area contributed by atoms with Gasteiger partial charge in [-0.05, 0) is 80.3 Å². The summed E-state index contributed by atoms with van der Waals surface area (Å²) in [6.45, 7) is 11.2. The molecule has 1 amide bonds. The van der Waals surface area contributed by atoms with Crippen molar-refractivity contribution in [1.29, 1.82) is 0 Å². The first-order chi connectivity index (χ1) is 18.1. The summed E-state index contributed by atoms with van der Waals surface area (Å²) in [6, 6.07) is 8.68. The van der Waals surface area contributed by atoms with Gasteiger partial charge in [0.2, 0.25) is 0 Å². The highest BCUT2D eigenvalue weighted by Gasteiger charge is 2.32. The summed E-state index contributed by atoms with van der Waals surface area (Å²) in [7, 11) is 0. The van der Waals surface area contributed by atoms with E-state index >= 15 is 0 Å². The number of aromatic nitrogens is 2. The maximum Gasteiger partial charge on any atom is 0.269 e. The number of aliphatic imine (C=N–C) groups is 1. The monoisotopic (exact) mass is 517 g/mol. The number of aromatic amines is 1. The van der Waals surface area contributed by atoms with E-state index in [9.17, 15) is 9.18 Å². The van der Waals surface area contributed by atoms with Gasteiger partial charge < -0.3 is 16.2 Å². The minimum absolute atomic E-state index is 0.0578. The Labute approximate surface area is 222 Å². The molecule has 5 N–H and O–H groups in total. The van der Waals surface area contributed by atoms with Crippen molar-refractivity contribution in [3.8, 4) is 0 Å². The van der Waals surface area contributed by atoms with Crippen LogP contribution in [0.5, 0.6) is 0 Å². The van der Waals surface area contributed by atoms with Gasteiger partial charge in [0.05, 0.1) is 17.4 Å². The quantitative estimate of drug-likeness (QED) is 0.220. The first-order valence-electron chi connectivity index (χ1n) is 12.9. The van der Waals surface area contributed by atoms with E-state index in [4.69, 9.17) is 16.2 Å². The second-order valence-electron chi connectivity index (χ2n) is 10.3. The van der Waals surface area contributed by atoms with Crippen LogP contribution in [-0.4, -0.2) is 35.0 Å². The Hall–Kier alpha value is -3.78. The van der Waals surface area contributed by atoms with Gasteiger partial charge in [0, 0.05) is 35.4 Å². The molecular formula is C30H36FN5O2. The van der Waals surface area contributed by atoms with Crippen molar-refractivity contribution in [2.24, 2.45) is 16.5 Å². The summed E-state index contributed by atoms with van der Waals surface area (Å²) in [5.74, 6) is -1.13. The zero-order valence-corrected chi connectivity index (χ0v) is 22.7. The molecule has 1 aliphatic heterocycles. The smallest absolute Gasteiger partial charge is 0.269 e. The van der Waals surface area contributed by atoms with Crippen molar-refractivity contribution in [3.05, 3.63) is 81.6 Å². The fourth-order valence-corrected chi connectivity index (χ4v) is 5.24. The molecule has 1 saturated heterocycles. The van der Waals surface area contributed by atoms with Gasteiger partial charge in [-0.2, -0.15) is 5.10 Å². The van der Waals surface area contributed by atoms with Gasteiger partial charge >= 0.3 is 0 Å². The molecule has 2 heterocycles. The zero-order chi connectivity index (χ0) is 27.6. The molecule has 200 valence electrons. The number of primary amides is 1. The second kappa shape index (κ2) is 10.9. The average molecular weight is 518 g/mol. The molecule has 4 rings (SSSR count). The highest BCUT2D eigenvalue weighted by atomic mass is 19.1. The van der Waals surface area contributed by atoms with Gasteiger partial charge in [-0.3, -0.25) is 9.89 Å². The molecule has 0 saturated carbocycles. The number of nitrogens with zero attached hydrogens (tertiary/aromatic N) is 2. The molecule has 0 spiro atoms. The van der Waals surface area contributed by atoms with Crippen LogP contribution in [0.2, 0.25) is 0 Å². The predicted molar refractivity (Wildman–Crippen MR) is 150 cm³/mol. The topological polar surface area (TPSA) is 119 Å². The van der Waals surface area contributed by atoms with E-state index in [2.05, 4.69) is 22.1 Å². The van der Waals surface area contributed by atoms with Crippen molar-refractivity contribution < 1.29 is 13.9 Å². The number of hydrogen-bond acceptors (Lipinski definition) is 5. The highest BCUT2D eigenvalue weighted by Crippen LogP contribution is 2.38. The van der Waals surface area contributed by atoms with Gasteiger partial charge in [-0.15, -0.1) is 0 Å². The van der Waals surface area contributed by atoms with Gasteiger partial charge in [0.15, 0.2) is 5.70 Å². The average Bonchev–Trinajstić information content (AvgIpc) is 3.37. The van der Waals surface area contributed by atoms with Crippen LogP contribution in [0.3, 0.4) is 0 Å². The van der Waals surface area contributed by atoms with E-state index < -0.39 is 5.91 Å². The third-order valence-electron chi connectivity index (χ3n) is 7.69. The molecule has 1 aromatic heterocycles. The van der Waals surface area contributed by atoms with Gasteiger partial charge in [0.25, 0.3) is 5.91 Å². The summed E-state index contributed by atoms with van der Waals surface area (Å²) >= 11 is 0. The number of nitrogens with two attached hydrogens (primary N) is 2. The Bertz CT molecular complexity index is 1480. The van der Waals surface area contributed by atoms with Gasteiger partial charge in [-0.25, -0.2) is 9.38 Å². The van der Waals surface area contributed by atoms with Crippen molar-refractivity contribution in [1.82, 2.24) is 10.2 Å². The molecule has 7 nitrogen and oxygen atoms in total. The maximum atomic E-state index is 14.5. The molecule has 3 aromatic rings. The van der Waals surface area contributed by atoms with Crippen molar-refractivity contribution in [3.63, 3.8) is 0 Å². The summed E-state index contributed by atoms with van der Waals surface area (Å²) < 4.78 is 20.1. The predicted octanol–water partition coefficient (Wildman–Crippen LogP) is 5.43. The summed E-state index contributed by atoms with van der Waals surface area (Å²) in [5.41, 5.74) is 19.0. The van der Waals surface area contributed by atoms with Crippen LogP contribution in [0, 0.1) is 12.7 Å². The number of aryl methyl sites for hydroxylation is 1. The molecule has 38 heavy (non-hydrogen) atoms. The van der Waals surface area contributed by atoms with E-state index in [-0.39, 0.29) is 22.6 Å². The molecule has 2 aromatic carbocycles. The minimum atomic E-state index is -0.754. The lowest BCUT2D eigenvalue weighted by Crippen LogP contribution is -2.32. The Morgan fingerprint density at radius 3 is 2.55 bits per heavy atom. The third-order valence-corrected chi connectivity index (χ3v) is 7.69. The van der Waals surface area contributed by atoms with Gasteiger partial charge in [0.1, 0.15) is 5.82 Å². The first-order valence-corrected chi connectivity index (χ1v) is 12.9.